The van der Waals surface area contributed by atoms with Crippen molar-refractivity contribution < 1.29 is 18.9 Å². The molecule has 0 saturated heterocycles. The van der Waals surface area contributed by atoms with Crippen molar-refractivity contribution >= 4 is 17.3 Å². The summed E-state index contributed by atoms with van der Waals surface area (Å²) in [5, 5.41) is 0.528. The Bertz CT molecular complexity index is 1490. The first-order chi connectivity index (χ1) is 18.0. The first-order valence-electron chi connectivity index (χ1n) is 12.0. The lowest BCUT2D eigenvalue weighted by molar-refractivity contribution is 0.171. The number of hydrogen-bond acceptors (Lipinski definition) is 4. The number of halogens is 1. The summed E-state index contributed by atoms with van der Waals surface area (Å²) in [4.78, 5) is 3.48. The topological polar surface area (TPSA) is 41.3 Å². The average molecular weight is 512 g/mol. The lowest BCUT2D eigenvalue weighted by atomic mass is 9.96. The number of benzene rings is 4. The van der Waals surface area contributed by atoms with Gasteiger partial charge in [-0.15, -0.1) is 0 Å². The molecule has 0 fully saturated rings. The van der Waals surface area contributed by atoms with Crippen LogP contribution >= 0.6 is 11.6 Å². The lowest BCUT2D eigenvalue weighted by Crippen LogP contribution is -2.15. The highest BCUT2D eigenvalue weighted by atomic mass is 35.5. The third kappa shape index (κ3) is 5.50. The van der Waals surface area contributed by atoms with Gasteiger partial charge in [0.05, 0.1) is 11.6 Å². The maximum absolute atomic E-state index is 7.20. The normalized spacial score (nSPS) is 12.1. The highest BCUT2D eigenvalue weighted by Gasteiger charge is 2.15. The molecule has 5 rings (SSSR count). The van der Waals surface area contributed by atoms with E-state index < -0.39 is 0 Å². The summed E-state index contributed by atoms with van der Waals surface area (Å²) in [7, 11) is 0. The van der Waals surface area contributed by atoms with Crippen LogP contribution in [0.5, 0.6) is 23.0 Å². The maximum Gasteiger partial charge on any atom is 0.187 e. The fraction of sp³-hybridized carbons (Fsp3) is 0.194. The molecule has 0 bridgehead atoms. The molecule has 4 aromatic carbocycles. The minimum Gasteiger partial charge on any atom is -0.489 e. The molecular formula is C31H26ClNO4. The monoisotopic (exact) mass is 511 g/mol. The molecule has 0 unspecified atom stereocenters. The molecule has 186 valence electrons. The third-order valence-electron chi connectivity index (χ3n) is 6.35. The SMILES string of the molecule is [C-]#[N+]c1cccc(COc2cc(OCc3cccc(-c4ccc5c(c4)OCCO5)c3C)c(Cl)cc2C)c1. The fourth-order valence-corrected chi connectivity index (χ4v) is 4.57. The smallest absolute Gasteiger partial charge is 0.187 e. The van der Waals surface area contributed by atoms with Crippen molar-refractivity contribution in [1.82, 2.24) is 0 Å². The van der Waals surface area contributed by atoms with Gasteiger partial charge in [0.2, 0.25) is 0 Å². The van der Waals surface area contributed by atoms with Crippen molar-refractivity contribution in [3.63, 3.8) is 0 Å². The fourth-order valence-electron chi connectivity index (χ4n) is 4.30. The van der Waals surface area contributed by atoms with Crippen LogP contribution < -0.4 is 18.9 Å². The highest BCUT2D eigenvalue weighted by molar-refractivity contribution is 6.32. The average Bonchev–Trinajstić information content (AvgIpc) is 2.92. The maximum atomic E-state index is 7.20. The second-order valence-corrected chi connectivity index (χ2v) is 9.26. The van der Waals surface area contributed by atoms with Crippen LogP contribution in [0.3, 0.4) is 0 Å². The number of ether oxygens (including phenoxy) is 4. The number of hydrogen-bond donors (Lipinski definition) is 0. The number of nitrogens with zero attached hydrogens (tertiary/aromatic N) is 1. The quantitative estimate of drug-likeness (QED) is 0.235. The zero-order valence-corrected chi connectivity index (χ0v) is 21.5. The highest BCUT2D eigenvalue weighted by Crippen LogP contribution is 2.37. The minimum absolute atomic E-state index is 0.349. The third-order valence-corrected chi connectivity index (χ3v) is 6.64. The van der Waals surface area contributed by atoms with Gasteiger partial charge in [0.25, 0.3) is 0 Å². The van der Waals surface area contributed by atoms with Crippen molar-refractivity contribution in [1.29, 1.82) is 0 Å². The van der Waals surface area contributed by atoms with Gasteiger partial charge in [0.1, 0.15) is 37.9 Å². The predicted molar refractivity (Wildman–Crippen MR) is 145 cm³/mol. The van der Waals surface area contributed by atoms with E-state index in [4.69, 9.17) is 37.1 Å². The van der Waals surface area contributed by atoms with E-state index in [1.165, 1.54) is 0 Å². The molecular weight excluding hydrogens is 486 g/mol. The predicted octanol–water partition coefficient (Wildman–Crippen LogP) is 8.10. The van der Waals surface area contributed by atoms with Gasteiger partial charge in [-0.05, 0) is 71.5 Å². The van der Waals surface area contributed by atoms with Crippen LogP contribution in [0, 0.1) is 20.4 Å². The molecule has 0 aromatic heterocycles. The van der Waals surface area contributed by atoms with Gasteiger partial charge in [0.15, 0.2) is 17.2 Å². The van der Waals surface area contributed by atoms with Gasteiger partial charge >= 0.3 is 0 Å². The first-order valence-corrected chi connectivity index (χ1v) is 12.4. The molecule has 0 amide bonds. The van der Waals surface area contributed by atoms with Crippen molar-refractivity contribution in [2.45, 2.75) is 27.1 Å². The summed E-state index contributed by atoms with van der Waals surface area (Å²) in [5.41, 5.74) is 6.79. The van der Waals surface area contributed by atoms with E-state index >= 15 is 0 Å². The lowest BCUT2D eigenvalue weighted by Gasteiger charge is -2.20. The van der Waals surface area contributed by atoms with E-state index in [1.54, 1.807) is 6.07 Å². The summed E-state index contributed by atoms with van der Waals surface area (Å²) >= 11 is 6.52. The molecule has 6 heteroatoms. The van der Waals surface area contributed by atoms with Gasteiger partial charge < -0.3 is 18.9 Å². The minimum atomic E-state index is 0.349. The van der Waals surface area contributed by atoms with Crippen LogP contribution in [-0.2, 0) is 13.2 Å². The van der Waals surface area contributed by atoms with Gasteiger partial charge in [-0.25, -0.2) is 4.85 Å². The molecule has 0 spiro atoms. The van der Waals surface area contributed by atoms with Crippen molar-refractivity contribution in [3.05, 3.63) is 111 Å². The molecule has 5 nitrogen and oxygen atoms in total. The molecule has 0 N–H and O–H groups in total. The zero-order chi connectivity index (χ0) is 25.8. The molecule has 0 radical (unpaired) electrons. The number of fused-ring (bicyclic) bond motifs is 1. The molecule has 4 aromatic rings. The number of aryl methyl sites for hydroxylation is 1. The first kappa shape index (κ1) is 24.5. The molecule has 0 aliphatic carbocycles. The Balaban J connectivity index is 1.32. The van der Waals surface area contributed by atoms with Crippen LogP contribution in [0.4, 0.5) is 5.69 Å². The van der Waals surface area contributed by atoms with E-state index in [2.05, 4.69) is 30.0 Å². The molecule has 0 atom stereocenters. The molecule has 0 saturated carbocycles. The molecule has 1 aliphatic rings. The van der Waals surface area contributed by atoms with E-state index in [0.717, 1.165) is 44.9 Å². The van der Waals surface area contributed by atoms with E-state index in [0.29, 0.717) is 48.6 Å². The van der Waals surface area contributed by atoms with Crippen molar-refractivity contribution in [2.24, 2.45) is 0 Å². The van der Waals surface area contributed by atoms with Crippen molar-refractivity contribution in [3.8, 4) is 34.1 Å². The zero-order valence-electron chi connectivity index (χ0n) is 20.7. The van der Waals surface area contributed by atoms with Crippen LogP contribution in [-0.4, -0.2) is 13.2 Å². The summed E-state index contributed by atoms with van der Waals surface area (Å²) in [6, 6.07) is 23.3. The van der Waals surface area contributed by atoms with Crippen LogP contribution in [0.2, 0.25) is 5.02 Å². The van der Waals surface area contributed by atoms with Crippen LogP contribution in [0.1, 0.15) is 22.3 Å². The van der Waals surface area contributed by atoms with Gasteiger partial charge in [0, 0.05) is 6.07 Å². The Kier molecular flexibility index (Phi) is 7.20. The van der Waals surface area contributed by atoms with E-state index in [1.807, 2.05) is 55.5 Å². The molecule has 1 heterocycles. The Labute approximate surface area is 222 Å². The standard InChI is InChI=1S/C31H26ClNO4/c1-20-14-27(32)30(17-29(20)36-18-22-6-4-8-25(15-22)33-3)37-19-24-7-5-9-26(21(24)2)23-10-11-28-31(16-23)35-13-12-34-28/h4-11,14-17H,12-13,18-19H2,1-2H3. The van der Waals surface area contributed by atoms with Gasteiger partial charge in [-0.3, -0.25) is 0 Å². The second kappa shape index (κ2) is 10.9. The second-order valence-electron chi connectivity index (χ2n) is 8.86. The van der Waals surface area contributed by atoms with E-state index in [9.17, 15) is 0 Å². The Hall–Kier alpha value is -4.14. The summed E-state index contributed by atoms with van der Waals surface area (Å²) in [6.45, 7) is 13.1. The Morgan fingerprint density at radius 2 is 1.62 bits per heavy atom. The van der Waals surface area contributed by atoms with Gasteiger partial charge in [-0.1, -0.05) is 54.1 Å². The van der Waals surface area contributed by atoms with Crippen molar-refractivity contribution in [2.75, 3.05) is 13.2 Å². The largest absolute Gasteiger partial charge is 0.489 e. The summed E-state index contributed by atoms with van der Waals surface area (Å²) < 4.78 is 23.6. The van der Waals surface area contributed by atoms with E-state index in [-0.39, 0.29) is 0 Å². The molecule has 37 heavy (non-hydrogen) atoms. The summed E-state index contributed by atoms with van der Waals surface area (Å²) in [6.07, 6.45) is 0. The van der Waals surface area contributed by atoms with Gasteiger partial charge in [-0.2, -0.15) is 0 Å². The Morgan fingerprint density at radius 3 is 2.46 bits per heavy atom. The summed E-state index contributed by atoms with van der Waals surface area (Å²) in [5.74, 6) is 2.79. The molecule has 1 aliphatic heterocycles. The number of rotatable bonds is 7. The Morgan fingerprint density at radius 1 is 0.838 bits per heavy atom. The van der Waals surface area contributed by atoms with Crippen LogP contribution in [0.25, 0.3) is 16.0 Å². The van der Waals surface area contributed by atoms with Crippen LogP contribution in [0.15, 0.2) is 72.8 Å².